The van der Waals surface area contributed by atoms with Gasteiger partial charge in [-0.15, -0.1) is 19.1 Å². The number of rotatable bonds is 0. The highest BCUT2D eigenvalue weighted by atomic mass is 14.9. The monoisotopic (exact) mass is 245 g/mol. The van der Waals surface area contributed by atoms with E-state index in [1.807, 2.05) is 0 Å². The van der Waals surface area contributed by atoms with Gasteiger partial charge in [0, 0.05) is 11.6 Å². The van der Waals surface area contributed by atoms with Crippen LogP contribution < -0.4 is 9.94 Å². The van der Waals surface area contributed by atoms with E-state index in [2.05, 4.69) is 78.9 Å². The number of pyridine rings is 1. The number of fused-ring (bicyclic) bond motifs is 4. The molecule has 0 bridgehead atoms. The highest BCUT2D eigenvalue weighted by molar-refractivity contribution is 6.85. The third kappa shape index (κ3) is 1.34. The summed E-state index contributed by atoms with van der Waals surface area (Å²) in [7, 11) is 0. The lowest BCUT2D eigenvalue weighted by molar-refractivity contribution is -0.528. The number of hydrogen-bond acceptors (Lipinski definition) is 0. The van der Waals surface area contributed by atoms with Gasteiger partial charge in [-0.25, -0.2) is 0 Å². The molecule has 0 atom stereocenters. The summed E-state index contributed by atoms with van der Waals surface area (Å²) in [6.07, 6.45) is 1.51. The standard InChI is InChI=1S/C17H16BN/c1-18(2)16-12-14-8-4-3-7-13(14)11-15(16)17-9-5-6-10-19(17)18/h3-12H,1-2H3. The molecule has 0 amide bonds. The minimum absolute atomic E-state index is 0.699. The molecule has 0 N–H and O–H groups in total. The molecule has 0 saturated heterocycles. The van der Waals surface area contributed by atoms with Crippen LogP contribution in [0.3, 0.4) is 0 Å². The maximum atomic E-state index is 2.43. The Hall–Kier alpha value is -2.09. The summed E-state index contributed by atoms with van der Waals surface area (Å²) >= 11 is 0. The highest BCUT2D eigenvalue weighted by Crippen LogP contribution is 2.27. The smallest absolute Gasteiger partial charge is 0.301 e. The van der Waals surface area contributed by atoms with Crippen molar-refractivity contribution in [3.63, 3.8) is 0 Å². The quantitative estimate of drug-likeness (QED) is 0.536. The van der Waals surface area contributed by atoms with Gasteiger partial charge in [0.15, 0.2) is 5.69 Å². The molecule has 0 unspecified atom stereocenters. The Morgan fingerprint density at radius 2 is 1.53 bits per heavy atom. The van der Waals surface area contributed by atoms with Crippen LogP contribution in [0.5, 0.6) is 0 Å². The first kappa shape index (κ1) is 10.8. The predicted molar refractivity (Wildman–Crippen MR) is 82.1 cm³/mol. The molecule has 92 valence electrons. The maximum absolute atomic E-state index is 2.43. The van der Waals surface area contributed by atoms with Crippen molar-refractivity contribution >= 4 is 22.5 Å². The molecule has 2 heterocycles. The van der Waals surface area contributed by atoms with Gasteiger partial charge in [-0.3, -0.25) is 0 Å². The predicted octanol–water partition coefficient (Wildman–Crippen LogP) is 3.07. The first-order valence-corrected chi connectivity index (χ1v) is 6.95. The van der Waals surface area contributed by atoms with Gasteiger partial charge in [-0.2, -0.15) is 0 Å². The Balaban J connectivity index is 2.15. The van der Waals surface area contributed by atoms with Crippen LogP contribution in [0.15, 0.2) is 60.8 Å². The lowest BCUT2D eigenvalue weighted by Crippen LogP contribution is -2.64. The number of nitrogens with zero attached hydrogens (tertiary/aromatic N) is 1. The molecule has 0 fully saturated rings. The van der Waals surface area contributed by atoms with Crippen LogP contribution in [0, 0.1) is 0 Å². The van der Waals surface area contributed by atoms with E-state index in [9.17, 15) is 0 Å². The normalized spacial score (nSPS) is 15.3. The van der Waals surface area contributed by atoms with Crippen LogP contribution >= 0.6 is 0 Å². The largest absolute Gasteiger partial charge is 0.416 e. The second-order valence-corrected chi connectivity index (χ2v) is 6.08. The third-order valence-electron chi connectivity index (χ3n) is 4.54. The average Bonchev–Trinajstić information content (AvgIpc) is 2.66. The third-order valence-corrected chi connectivity index (χ3v) is 4.54. The van der Waals surface area contributed by atoms with Crippen LogP contribution in [0.4, 0.5) is 0 Å². The molecule has 0 radical (unpaired) electrons. The summed E-state index contributed by atoms with van der Waals surface area (Å²) in [6, 6.07) is 19.8. The zero-order valence-electron chi connectivity index (χ0n) is 11.3. The first-order chi connectivity index (χ1) is 9.18. The average molecular weight is 245 g/mol. The van der Waals surface area contributed by atoms with E-state index in [1.54, 1.807) is 0 Å². The van der Waals surface area contributed by atoms with Crippen LogP contribution in [0.1, 0.15) is 0 Å². The minimum atomic E-state index is -0.699. The van der Waals surface area contributed by atoms with Crippen molar-refractivity contribution in [1.29, 1.82) is 0 Å². The second-order valence-electron chi connectivity index (χ2n) is 6.08. The zero-order chi connectivity index (χ0) is 13.0. The molecule has 3 aromatic rings. The zero-order valence-corrected chi connectivity index (χ0v) is 11.3. The molecule has 0 spiro atoms. The number of benzene rings is 2. The second kappa shape index (κ2) is 3.48. The molecule has 1 aromatic heterocycles. The number of aromatic nitrogens is 1. The molecule has 4 rings (SSSR count). The van der Waals surface area contributed by atoms with E-state index in [0.29, 0.717) is 0 Å². The lowest BCUT2D eigenvalue weighted by Gasteiger charge is -2.20. The molecule has 2 aromatic carbocycles. The molecule has 1 aliphatic heterocycles. The van der Waals surface area contributed by atoms with Crippen molar-refractivity contribution in [2.24, 2.45) is 0 Å². The molecule has 0 saturated carbocycles. The topological polar surface area (TPSA) is 3.88 Å². The fourth-order valence-corrected chi connectivity index (χ4v) is 3.46. The van der Waals surface area contributed by atoms with Crippen molar-refractivity contribution in [3.05, 3.63) is 60.8 Å². The Kier molecular flexibility index (Phi) is 1.98. The fourth-order valence-electron chi connectivity index (χ4n) is 3.46. The minimum Gasteiger partial charge on any atom is -0.416 e. The van der Waals surface area contributed by atoms with Gasteiger partial charge in [0.2, 0.25) is 0 Å². The summed E-state index contributed by atoms with van der Waals surface area (Å²) in [4.78, 5) is 0. The summed E-state index contributed by atoms with van der Waals surface area (Å²) < 4.78 is 2.43. The molecule has 2 heteroatoms. The van der Waals surface area contributed by atoms with Gasteiger partial charge in [0.25, 0.3) is 0 Å². The van der Waals surface area contributed by atoms with Crippen molar-refractivity contribution in [1.82, 2.24) is 0 Å². The molecule has 0 aliphatic carbocycles. The van der Waals surface area contributed by atoms with E-state index in [-0.39, 0.29) is 0 Å². The van der Waals surface area contributed by atoms with Crippen LogP contribution in [-0.2, 0) is 0 Å². The lowest BCUT2D eigenvalue weighted by atomic mass is 9.35. The van der Waals surface area contributed by atoms with E-state index in [4.69, 9.17) is 0 Å². The Morgan fingerprint density at radius 1 is 0.842 bits per heavy atom. The van der Waals surface area contributed by atoms with Crippen LogP contribution in [0.2, 0.25) is 13.6 Å². The molecule has 1 nitrogen and oxygen atoms in total. The van der Waals surface area contributed by atoms with Gasteiger partial charge >= 0.3 is 6.28 Å². The summed E-state index contributed by atoms with van der Waals surface area (Å²) in [5.74, 6) is 0. The van der Waals surface area contributed by atoms with Gasteiger partial charge < -0.3 is 4.48 Å². The molecular formula is C17H16BN. The van der Waals surface area contributed by atoms with Gasteiger partial charge in [0.1, 0.15) is 6.20 Å². The summed E-state index contributed by atoms with van der Waals surface area (Å²) in [5, 5.41) is 2.66. The van der Waals surface area contributed by atoms with E-state index >= 15 is 0 Å². The first-order valence-electron chi connectivity index (χ1n) is 6.95. The van der Waals surface area contributed by atoms with Crippen LogP contribution in [-0.4, -0.2) is 6.28 Å². The molecular weight excluding hydrogens is 229 g/mol. The maximum Gasteiger partial charge on any atom is 0.301 e. The van der Waals surface area contributed by atoms with Crippen molar-refractivity contribution in [3.8, 4) is 11.3 Å². The number of hydrogen-bond donors (Lipinski definition) is 0. The summed E-state index contributed by atoms with van der Waals surface area (Å²) in [5.41, 5.74) is 4.21. The van der Waals surface area contributed by atoms with Gasteiger partial charge in [-0.05, 0) is 22.9 Å². The van der Waals surface area contributed by atoms with Gasteiger partial charge in [0.05, 0.1) is 0 Å². The van der Waals surface area contributed by atoms with Crippen LogP contribution in [0.25, 0.3) is 22.0 Å². The Morgan fingerprint density at radius 3 is 2.32 bits per heavy atom. The molecule has 19 heavy (non-hydrogen) atoms. The van der Waals surface area contributed by atoms with Gasteiger partial charge in [-0.1, -0.05) is 36.4 Å². The molecule has 1 aliphatic rings. The Labute approximate surface area is 113 Å². The van der Waals surface area contributed by atoms with Crippen molar-refractivity contribution < 1.29 is 4.48 Å². The van der Waals surface area contributed by atoms with E-state index in [1.165, 1.54) is 27.5 Å². The highest BCUT2D eigenvalue weighted by Gasteiger charge is 2.38. The van der Waals surface area contributed by atoms with Crippen molar-refractivity contribution in [2.75, 3.05) is 0 Å². The SMILES string of the molecule is C[B-]1(C)c2cc3ccccc3cc2-c2cccc[n+]21. The van der Waals surface area contributed by atoms with E-state index in [0.717, 1.165) is 0 Å². The Bertz CT molecular complexity index is 805. The summed E-state index contributed by atoms with van der Waals surface area (Å²) in [6.45, 7) is 4.70. The fraction of sp³-hybridized carbons (Fsp3) is 0.118. The van der Waals surface area contributed by atoms with Crippen molar-refractivity contribution in [2.45, 2.75) is 13.6 Å². The van der Waals surface area contributed by atoms with E-state index < -0.39 is 6.28 Å².